The highest BCUT2D eigenvalue weighted by atomic mass is 16.1. The molecule has 0 fully saturated rings. The van der Waals surface area contributed by atoms with Crippen molar-refractivity contribution in [3.8, 4) is 22.6 Å². The molecule has 2 aromatic carbocycles. The molecule has 2 heterocycles. The molecule has 0 saturated carbocycles. The average molecular weight is 337 g/mol. The normalized spacial score (nSPS) is 10.5. The molecular formula is C22H15N3O. The minimum Gasteiger partial charge on any atom is -0.288 e. The predicted octanol–water partition coefficient (Wildman–Crippen LogP) is 4.44. The van der Waals surface area contributed by atoms with Crippen molar-refractivity contribution in [1.82, 2.24) is 15.0 Å². The molecule has 0 aliphatic heterocycles. The molecule has 0 unspecified atom stereocenters. The Labute approximate surface area is 151 Å². The van der Waals surface area contributed by atoms with E-state index in [1.807, 2.05) is 60.7 Å². The van der Waals surface area contributed by atoms with Crippen LogP contribution >= 0.6 is 0 Å². The van der Waals surface area contributed by atoms with Crippen LogP contribution in [0.2, 0.25) is 0 Å². The second-order valence-electron chi connectivity index (χ2n) is 5.76. The van der Waals surface area contributed by atoms with Gasteiger partial charge in [0, 0.05) is 35.3 Å². The van der Waals surface area contributed by atoms with Crippen molar-refractivity contribution in [2.45, 2.75) is 0 Å². The zero-order valence-corrected chi connectivity index (χ0v) is 13.9. The Morgan fingerprint density at radius 3 is 2.12 bits per heavy atom. The van der Waals surface area contributed by atoms with Crippen LogP contribution in [0.3, 0.4) is 0 Å². The lowest BCUT2D eigenvalue weighted by Gasteiger charge is -2.10. The van der Waals surface area contributed by atoms with E-state index in [0.29, 0.717) is 22.6 Å². The van der Waals surface area contributed by atoms with Gasteiger partial charge in [0.05, 0.1) is 11.3 Å². The van der Waals surface area contributed by atoms with Crippen molar-refractivity contribution in [3.63, 3.8) is 0 Å². The topological polar surface area (TPSA) is 55.7 Å². The Bertz CT molecular complexity index is 1030. The van der Waals surface area contributed by atoms with Gasteiger partial charge in [0.25, 0.3) is 0 Å². The average Bonchev–Trinajstić information content (AvgIpc) is 2.75. The third-order valence-corrected chi connectivity index (χ3v) is 4.04. The highest BCUT2D eigenvalue weighted by Crippen LogP contribution is 2.26. The minimum atomic E-state index is -0.0952. The number of benzene rings is 2. The van der Waals surface area contributed by atoms with Gasteiger partial charge in [-0.25, -0.2) is 9.97 Å². The standard InChI is InChI=1S/C22H15N3O/c26-21(17-10-5-2-6-11-17)19-15-24-22(18-12-7-13-23-14-18)25-20(19)16-8-3-1-4-9-16/h1-15H. The number of pyridine rings is 1. The van der Waals surface area contributed by atoms with Crippen molar-refractivity contribution in [1.29, 1.82) is 0 Å². The molecule has 26 heavy (non-hydrogen) atoms. The maximum atomic E-state index is 13.0. The van der Waals surface area contributed by atoms with Crippen LogP contribution in [-0.2, 0) is 0 Å². The molecule has 4 nitrogen and oxygen atoms in total. The van der Waals surface area contributed by atoms with Crippen LogP contribution in [0.5, 0.6) is 0 Å². The summed E-state index contributed by atoms with van der Waals surface area (Å²) in [5.74, 6) is 0.448. The van der Waals surface area contributed by atoms with Gasteiger partial charge in [-0.3, -0.25) is 9.78 Å². The molecule has 4 heteroatoms. The molecule has 0 bridgehead atoms. The molecular weight excluding hydrogens is 322 g/mol. The summed E-state index contributed by atoms with van der Waals surface area (Å²) in [6, 6.07) is 22.6. The van der Waals surface area contributed by atoms with Crippen LogP contribution < -0.4 is 0 Å². The predicted molar refractivity (Wildman–Crippen MR) is 101 cm³/mol. The van der Waals surface area contributed by atoms with Gasteiger partial charge in [-0.15, -0.1) is 0 Å². The Morgan fingerprint density at radius 2 is 1.42 bits per heavy atom. The number of hydrogen-bond acceptors (Lipinski definition) is 4. The van der Waals surface area contributed by atoms with Crippen molar-refractivity contribution in [3.05, 3.63) is 103 Å². The quantitative estimate of drug-likeness (QED) is 0.517. The first kappa shape index (κ1) is 15.8. The molecule has 4 rings (SSSR count). The number of ketones is 1. The molecule has 124 valence electrons. The summed E-state index contributed by atoms with van der Waals surface area (Å²) >= 11 is 0. The molecule has 0 spiro atoms. The third-order valence-electron chi connectivity index (χ3n) is 4.04. The number of nitrogens with zero attached hydrogens (tertiary/aromatic N) is 3. The van der Waals surface area contributed by atoms with Gasteiger partial charge in [0.2, 0.25) is 0 Å². The van der Waals surface area contributed by atoms with E-state index in [1.165, 1.54) is 0 Å². The molecule has 0 radical (unpaired) electrons. The third kappa shape index (κ3) is 3.13. The number of hydrogen-bond donors (Lipinski definition) is 0. The summed E-state index contributed by atoms with van der Waals surface area (Å²) in [6.07, 6.45) is 5.02. The lowest BCUT2D eigenvalue weighted by molar-refractivity contribution is 0.103. The zero-order chi connectivity index (χ0) is 17.8. The second-order valence-corrected chi connectivity index (χ2v) is 5.76. The molecule has 0 amide bonds. The van der Waals surface area contributed by atoms with Crippen LogP contribution in [0.4, 0.5) is 0 Å². The highest BCUT2D eigenvalue weighted by molar-refractivity contribution is 6.12. The fraction of sp³-hybridized carbons (Fsp3) is 0. The van der Waals surface area contributed by atoms with Crippen molar-refractivity contribution >= 4 is 5.78 Å². The minimum absolute atomic E-state index is 0.0952. The summed E-state index contributed by atoms with van der Waals surface area (Å²) < 4.78 is 0. The van der Waals surface area contributed by atoms with Gasteiger partial charge >= 0.3 is 0 Å². The monoisotopic (exact) mass is 337 g/mol. The van der Waals surface area contributed by atoms with E-state index in [2.05, 4.69) is 15.0 Å². The van der Waals surface area contributed by atoms with Gasteiger partial charge < -0.3 is 0 Å². The molecule has 2 aromatic heterocycles. The number of aromatic nitrogens is 3. The van der Waals surface area contributed by atoms with E-state index < -0.39 is 0 Å². The van der Waals surface area contributed by atoms with Crippen LogP contribution in [0.25, 0.3) is 22.6 Å². The fourth-order valence-corrected chi connectivity index (χ4v) is 2.74. The molecule has 0 atom stereocenters. The smallest absolute Gasteiger partial charge is 0.196 e. The van der Waals surface area contributed by atoms with Crippen LogP contribution in [0.15, 0.2) is 91.4 Å². The van der Waals surface area contributed by atoms with Crippen LogP contribution in [-0.4, -0.2) is 20.7 Å². The molecule has 0 N–H and O–H groups in total. The summed E-state index contributed by atoms with van der Waals surface area (Å²) in [6.45, 7) is 0. The van der Waals surface area contributed by atoms with E-state index in [-0.39, 0.29) is 5.78 Å². The van der Waals surface area contributed by atoms with E-state index in [1.54, 1.807) is 30.7 Å². The van der Waals surface area contributed by atoms with E-state index in [9.17, 15) is 4.79 Å². The molecule has 0 saturated heterocycles. The van der Waals surface area contributed by atoms with Crippen LogP contribution in [0.1, 0.15) is 15.9 Å². The summed E-state index contributed by atoms with van der Waals surface area (Å²) in [4.78, 5) is 26.2. The maximum Gasteiger partial charge on any atom is 0.196 e. The van der Waals surface area contributed by atoms with Gasteiger partial charge in [0.1, 0.15) is 0 Å². The zero-order valence-electron chi connectivity index (χ0n) is 13.9. The van der Waals surface area contributed by atoms with E-state index in [4.69, 9.17) is 0 Å². The van der Waals surface area contributed by atoms with Crippen molar-refractivity contribution < 1.29 is 4.79 Å². The molecule has 4 aromatic rings. The number of rotatable bonds is 4. The van der Waals surface area contributed by atoms with Gasteiger partial charge in [0.15, 0.2) is 11.6 Å². The molecule has 0 aliphatic carbocycles. The Balaban J connectivity index is 1.88. The highest BCUT2D eigenvalue weighted by Gasteiger charge is 2.18. The lowest BCUT2D eigenvalue weighted by Crippen LogP contribution is -2.07. The van der Waals surface area contributed by atoms with Gasteiger partial charge in [-0.2, -0.15) is 0 Å². The summed E-state index contributed by atoms with van der Waals surface area (Å²) in [5, 5.41) is 0. The SMILES string of the molecule is O=C(c1ccccc1)c1cnc(-c2cccnc2)nc1-c1ccccc1. The Kier molecular flexibility index (Phi) is 4.31. The van der Waals surface area contributed by atoms with E-state index in [0.717, 1.165) is 11.1 Å². The van der Waals surface area contributed by atoms with Crippen molar-refractivity contribution in [2.75, 3.05) is 0 Å². The summed E-state index contributed by atoms with van der Waals surface area (Å²) in [5.41, 5.74) is 3.40. The summed E-state index contributed by atoms with van der Waals surface area (Å²) in [7, 11) is 0. The van der Waals surface area contributed by atoms with Crippen molar-refractivity contribution in [2.24, 2.45) is 0 Å². The van der Waals surface area contributed by atoms with Gasteiger partial charge in [-0.05, 0) is 12.1 Å². The largest absolute Gasteiger partial charge is 0.288 e. The second kappa shape index (κ2) is 7.07. The first-order valence-corrected chi connectivity index (χ1v) is 8.25. The van der Waals surface area contributed by atoms with Gasteiger partial charge in [-0.1, -0.05) is 60.7 Å². The van der Waals surface area contributed by atoms with E-state index >= 15 is 0 Å². The first-order valence-electron chi connectivity index (χ1n) is 8.25. The number of carbonyl (C=O) groups is 1. The maximum absolute atomic E-state index is 13.0. The Hall–Kier alpha value is -3.66. The fourth-order valence-electron chi connectivity index (χ4n) is 2.74. The Morgan fingerprint density at radius 1 is 0.731 bits per heavy atom. The van der Waals surface area contributed by atoms with Crippen LogP contribution in [0, 0.1) is 0 Å². The number of carbonyl (C=O) groups excluding carboxylic acids is 1. The lowest BCUT2D eigenvalue weighted by atomic mass is 9.99. The molecule has 0 aliphatic rings. The first-order chi connectivity index (χ1) is 12.8.